The Morgan fingerprint density at radius 3 is 2.11 bits per heavy atom. The normalized spacial score (nSPS) is 13.6. The quantitative estimate of drug-likeness (QED) is 0.322. The molecule has 0 saturated carbocycles. The van der Waals surface area contributed by atoms with E-state index in [2.05, 4.69) is 30.5 Å². The number of aromatic nitrogens is 2. The molecule has 0 fully saturated rings. The Balaban J connectivity index is 1.75. The van der Waals surface area contributed by atoms with Crippen LogP contribution in [-0.4, -0.2) is 18.0 Å². The summed E-state index contributed by atoms with van der Waals surface area (Å²) in [6, 6.07) is 16.2. The SMILES string of the molecule is CC(NS(=O)(=O)c1ccc(CC(C)(C)C)cc1)c1nc2ccccc2c(=O)n1-c1ccc(C(F)(F)F)cc1. The van der Waals surface area contributed by atoms with E-state index in [1.807, 2.05) is 0 Å². The molecule has 0 bridgehead atoms. The van der Waals surface area contributed by atoms with Gasteiger partial charge in [-0.05, 0) is 72.9 Å². The number of hydrogen-bond acceptors (Lipinski definition) is 4. The van der Waals surface area contributed by atoms with Crippen LogP contribution in [0.5, 0.6) is 0 Å². The van der Waals surface area contributed by atoms with Crippen LogP contribution in [0.25, 0.3) is 16.6 Å². The Labute approximate surface area is 219 Å². The van der Waals surface area contributed by atoms with Gasteiger partial charge in [0.05, 0.1) is 33.1 Å². The standard InChI is InChI=1S/C28H28F3N3O3S/c1-18(33-38(36,37)22-15-9-19(10-16-22)17-27(2,3)4)25-32-24-8-6-5-7-23(24)26(35)34(25)21-13-11-20(12-14-21)28(29,30)31/h5-16,18,33H,17H2,1-4H3. The highest BCUT2D eigenvalue weighted by Crippen LogP contribution is 2.30. The molecule has 0 spiro atoms. The number of alkyl halides is 3. The Morgan fingerprint density at radius 1 is 0.921 bits per heavy atom. The van der Waals surface area contributed by atoms with Gasteiger partial charge in [-0.2, -0.15) is 13.2 Å². The fraction of sp³-hybridized carbons (Fsp3) is 0.286. The van der Waals surface area contributed by atoms with Gasteiger partial charge in [0.1, 0.15) is 5.82 Å². The first-order valence-electron chi connectivity index (χ1n) is 12.0. The lowest BCUT2D eigenvalue weighted by Gasteiger charge is -2.20. The summed E-state index contributed by atoms with van der Waals surface area (Å²) < 4.78 is 69.5. The third kappa shape index (κ3) is 5.97. The van der Waals surface area contributed by atoms with E-state index in [-0.39, 0.29) is 27.2 Å². The molecule has 4 aromatic rings. The summed E-state index contributed by atoms with van der Waals surface area (Å²) in [5, 5.41) is 0.251. The van der Waals surface area contributed by atoms with Crippen LogP contribution in [0.2, 0.25) is 0 Å². The fourth-order valence-corrected chi connectivity index (χ4v) is 5.44. The summed E-state index contributed by atoms with van der Waals surface area (Å²) in [6.07, 6.45) is -3.77. The largest absolute Gasteiger partial charge is 0.416 e. The van der Waals surface area contributed by atoms with Crippen molar-refractivity contribution in [2.24, 2.45) is 5.41 Å². The van der Waals surface area contributed by atoms with Crippen LogP contribution >= 0.6 is 0 Å². The molecule has 0 amide bonds. The molecule has 200 valence electrons. The summed E-state index contributed by atoms with van der Waals surface area (Å²) in [4.78, 5) is 18.0. The predicted molar refractivity (Wildman–Crippen MR) is 141 cm³/mol. The summed E-state index contributed by atoms with van der Waals surface area (Å²) in [7, 11) is -4.01. The lowest BCUT2D eigenvalue weighted by atomic mass is 9.88. The van der Waals surface area contributed by atoms with Crippen molar-refractivity contribution < 1.29 is 21.6 Å². The molecule has 1 atom stereocenters. The van der Waals surface area contributed by atoms with Crippen molar-refractivity contribution >= 4 is 20.9 Å². The molecule has 6 nitrogen and oxygen atoms in total. The van der Waals surface area contributed by atoms with Crippen molar-refractivity contribution in [2.45, 2.75) is 51.2 Å². The second kappa shape index (κ2) is 9.99. The maximum atomic E-state index is 13.4. The van der Waals surface area contributed by atoms with Crippen molar-refractivity contribution in [3.8, 4) is 5.69 Å². The molecule has 1 unspecified atom stereocenters. The third-order valence-corrected chi connectivity index (χ3v) is 7.50. The van der Waals surface area contributed by atoms with Crippen LogP contribution in [0, 0.1) is 5.41 Å². The summed E-state index contributed by atoms with van der Waals surface area (Å²) >= 11 is 0. The predicted octanol–water partition coefficient (Wildman–Crippen LogP) is 6.03. The number of para-hydroxylation sites is 1. The van der Waals surface area contributed by atoms with Crippen LogP contribution in [0.3, 0.4) is 0 Å². The molecule has 0 aliphatic heterocycles. The molecule has 38 heavy (non-hydrogen) atoms. The van der Waals surface area contributed by atoms with E-state index in [4.69, 9.17) is 0 Å². The molecule has 10 heteroatoms. The van der Waals surface area contributed by atoms with E-state index in [0.717, 1.165) is 28.7 Å². The minimum Gasteiger partial charge on any atom is -0.268 e. The minimum atomic E-state index is -4.54. The number of benzene rings is 3. The number of sulfonamides is 1. The molecule has 3 aromatic carbocycles. The first kappa shape index (κ1) is 27.5. The monoisotopic (exact) mass is 543 g/mol. The highest BCUT2D eigenvalue weighted by molar-refractivity contribution is 7.89. The average Bonchev–Trinajstić information content (AvgIpc) is 2.82. The number of hydrogen-bond donors (Lipinski definition) is 1. The number of fused-ring (bicyclic) bond motifs is 1. The lowest BCUT2D eigenvalue weighted by Crippen LogP contribution is -2.33. The van der Waals surface area contributed by atoms with Gasteiger partial charge in [0, 0.05) is 0 Å². The molecule has 0 radical (unpaired) electrons. The van der Waals surface area contributed by atoms with Crippen molar-refractivity contribution in [3.63, 3.8) is 0 Å². The molecule has 0 aliphatic rings. The molecule has 0 aliphatic carbocycles. The highest BCUT2D eigenvalue weighted by atomic mass is 32.2. The maximum absolute atomic E-state index is 13.4. The Kier molecular flexibility index (Phi) is 7.24. The van der Waals surface area contributed by atoms with E-state index in [9.17, 15) is 26.4 Å². The van der Waals surface area contributed by atoms with Gasteiger partial charge in [0.2, 0.25) is 10.0 Å². The van der Waals surface area contributed by atoms with Gasteiger partial charge in [-0.3, -0.25) is 9.36 Å². The second-order valence-corrected chi connectivity index (χ2v) is 12.1. The molecular weight excluding hydrogens is 515 g/mol. The van der Waals surface area contributed by atoms with Gasteiger partial charge < -0.3 is 0 Å². The minimum absolute atomic E-state index is 0.0386. The molecule has 4 rings (SSSR count). The van der Waals surface area contributed by atoms with E-state index in [0.29, 0.717) is 5.52 Å². The van der Waals surface area contributed by atoms with Crippen LogP contribution in [0.15, 0.2) is 82.5 Å². The van der Waals surface area contributed by atoms with Gasteiger partial charge in [0.15, 0.2) is 0 Å². The Hall–Kier alpha value is -3.50. The lowest BCUT2D eigenvalue weighted by molar-refractivity contribution is -0.137. The third-order valence-electron chi connectivity index (χ3n) is 5.94. The van der Waals surface area contributed by atoms with Crippen LogP contribution < -0.4 is 10.3 Å². The van der Waals surface area contributed by atoms with Crippen LogP contribution in [0.4, 0.5) is 13.2 Å². The zero-order valence-electron chi connectivity index (χ0n) is 21.4. The number of nitrogens with zero attached hydrogens (tertiary/aromatic N) is 2. The smallest absolute Gasteiger partial charge is 0.268 e. The van der Waals surface area contributed by atoms with E-state index in [1.165, 1.54) is 31.2 Å². The molecule has 0 saturated heterocycles. The summed E-state index contributed by atoms with van der Waals surface area (Å²) in [6.45, 7) is 7.80. The average molecular weight is 544 g/mol. The number of nitrogens with one attached hydrogen (secondary N) is 1. The zero-order valence-corrected chi connectivity index (χ0v) is 22.2. The fourth-order valence-electron chi connectivity index (χ4n) is 4.24. The van der Waals surface area contributed by atoms with Crippen molar-refractivity contribution in [2.75, 3.05) is 0 Å². The highest BCUT2D eigenvalue weighted by Gasteiger charge is 2.30. The molecule has 1 N–H and O–H groups in total. The van der Waals surface area contributed by atoms with Gasteiger partial charge >= 0.3 is 6.18 Å². The second-order valence-electron chi connectivity index (χ2n) is 10.4. The topological polar surface area (TPSA) is 81.1 Å². The number of rotatable bonds is 6. The molecular formula is C28H28F3N3O3S. The van der Waals surface area contributed by atoms with E-state index < -0.39 is 33.4 Å². The van der Waals surface area contributed by atoms with Gasteiger partial charge in [-0.25, -0.2) is 18.1 Å². The zero-order chi connectivity index (χ0) is 27.9. The van der Waals surface area contributed by atoms with E-state index >= 15 is 0 Å². The first-order valence-corrected chi connectivity index (χ1v) is 13.4. The van der Waals surface area contributed by atoms with Crippen molar-refractivity contribution in [3.05, 3.63) is 100 Å². The summed E-state index contributed by atoms with van der Waals surface area (Å²) in [5.41, 5.74) is 0.117. The van der Waals surface area contributed by atoms with Gasteiger partial charge in [-0.1, -0.05) is 45.0 Å². The van der Waals surface area contributed by atoms with Gasteiger partial charge in [-0.15, -0.1) is 0 Å². The summed E-state index contributed by atoms with van der Waals surface area (Å²) in [5.74, 6) is 0.0430. The van der Waals surface area contributed by atoms with Crippen LogP contribution in [0.1, 0.15) is 50.7 Å². The maximum Gasteiger partial charge on any atom is 0.416 e. The molecule has 1 aromatic heterocycles. The van der Waals surface area contributed by atoms with Crippen molar-refractivity contribution in [1.82, 2.24) is 14.3 Å². The number of halogens is 3. The Bertz CT molecular complexity index is 1620. The Morgan fingerprint density at radius 2 is 1.53 bits per heavy atom. The first-order chi connectivity index (χ1) is 17.7. The van der Waals surface area contributed by atoms with Crippen molar-refractivity contribution in [1.29, 1.82) is 0 Å². The van der Waals surface area contributed by atoms with Gasteiger partial charge in [0.25, 0.3) is 5.56 Å². The van der Waals surface area contributed by atoms with Crippen LogP contribution in [-0.2, 0) is 22.6 Å². The molecule has 1 heterocycles. The van der Waals surface area contributed by atoms with E-state index in [1.54, 1.807) is 36.4 Å².